The first-order valence-corrected chi connectivity index (χ1v) is 7.40. The quantitative estimate of drug-likeness (QED) is 0.446. The van der Waals surface area contributed by atoms with Gasteiger partial charge < -0.3 is 10.1 Å². The number of anilines is 1. The van der Waals surface area contributed by atoms with Gasteiger partial charge in [-0.05, 0) is 39.7 Å². The average Bonchev–Trinajstić information content (AvgIpc) is 2.52. The van der Waals surface area contributed by atoms with Crippen LogP contribution in [-0.4, -0.2) is 11.5 Å². The Balaban J connectivity index is 2.02. The third-order valence-corrected chi connectivity index (χ3v) is 3.53. The highest BCUT2D eigenvalue weighted by Gasteiger charge is 2.06. The number of nitrogens with zero attached hydrogens (tertiary/aromatic N) is 1. The van der Waals surface area contributed by atoms with Gasteiger partial charge in [-0.3, -0.25) is 10.1 Å². The van der Waals surface area contributed by atoms with Crippen molar-refractivity contribution in [1.82, 2.24) is 0 Å². The average molecular weight is 363 g/mol. The van der Waals surface area contributed by atoms with Gasteiger partial charge in [0.2, 0.25) is 0 Å². The number of halogens is 1. The lowest BCUT2D eigenvalue weighted by atomic mass is 10.2. The predicted octanol–water partition coefficient (Wildman–Crippen LogP) is 4.53. The minimum atomic E-state index is -0.409. The summed E-state index contributed by atoms with van der Waals surface area (Å²) in [5, 5.41) is 13.9. The van der Waals surface area contributed by atoms with Gasteiger partial charge in [0.05, 0.1) is 9.40 Å². The van der Waals surface area contributed by atoms with E-state index in [1.54, 1.807) is 18.2 Å². The molecule has 0 bridgehead atoms. The van der Waals surface area contributed by atoms with Crippen molar-refractivity contribution in [2.75, 3.05) is 11.9 Å². The zero-order chi connectivity index (χ0) is 15.9. The van der Waals surface area contributed by atoms with E-state index in [2.05, 4.69) is 27.8 Å². The fourth-order valence-electron chi connectivity index (χ4n) is 1.85. The van der Waals surface area contributed by atoms with Crippen LogP contribution in [0.25, 0.3) is 0 Å². The number of benzene rings is 2. The third kappa shape index (κ3) is 4.33. The van der Waals surface area contributed by atoms with Crippen LogP contribution >= 0.6 is 15.9 Å². The van der Waals surface area contributed by atoms with E-state index in [1.165, 1.54) is 12.1 Å². The molecule has 0 atom stereocenters. The second-order valence-corrected chi connectivity index (χ2v) is 5.38. The Morgan fingerprint density at radius 2 is 2.14 bits per heavy atom. The molecule has 2 aromatic carbocycles. The molecule has 5 nitrogen and oxygen atoms in total. The Morgan fingerprint density at radius 3 is 2.82 bits per heavy atom. The molecule has 0 unspecified atom stereocenters. The molecule has 0 amide bonds. The summed E-state index contributed by atoms with van der Waals surface area (Å²) in [6.07, 6.45) is 1.68. The third-order valence-electron chi connectivity index (χ3n) is 2.91. The maximum Gasteiger partial charge on any atom is 0.271 e. The number of ether oxygens (including phenoxy) is 1. The van der Waals surface area contributed by atoms with E-state index in [4.69, 9.17) is 4.74 Å². The zero-order valence-electron chi connectivity index (χ0n) is 11.8. The zero-order valence-corrected chi connectivity index (χ0v) is 13.4. The summed E-state index contributed by atoms with van der Waals surface area (Å²) in [6.45, 7) is 4.61. The monoisotopic (exact) mass is 362 g/mol. The topological polar surface area (TPSA) is 64.4 Å². The number of hydrogen-bond acceptors (Lipinski definition) is 4. The Bertz CT molecular complexity index is 689. The van der Waals surface area contributed by atoms with E-state index < -0.39 is 4.92 Å². The molecular weight excluding hydrogens is 348 g/mol. The molecule has 0 aliphatic carbocycles. The van der Waals surface area contributed by atoms with Crippen LogP contribution < -0.4 is 10.1 Å². The first kappa shape index (κ1) is 16.0. The van der Waals surface area contributed by atoms with Crippen molar-refractivity contribution in [2.45, 2.75) is 6.54 Å². The van der Waals surface area contributed by atoms with Gasteiger partial charge in [0.25, 0.3) is 5.69 Å². The number of rotatable bonds is 7. The highest BCUT2D eigenvalue weighted by molar-refractivity contribution is 9.10. The second-order valence-electron chi connectivity index (χ2n) is 4.53. The molecule has 22 heavy (non-hydrogen) atoms. The Labute approximate surface area is 136 Å². The number of nitrogens with one attached hydrogen (secondary N) is 1. The van der Waals surface area contributed by atoms with Crippen LogP contribution in [-0.2, 0) is 6.54 Å². The molecule has 0 fully saturated rings. The van der Waals surface area contributed by atoms with Crippen molar-refractivity contribution in [1.29, 1.82) is 0 Å². The molecule has 6 heteroatoms. The Kier molecular flexibility index (Phi) is 5.55. The fourth-order valence-corrected chi connectivity index (χ4v) is 2.39. The van der Waals surface area contributed by atoms with Crippen molar-refractivity contribution in [2.24, 2.45) is 0 Å². The van der Waals surface area contributed by atoms with E-state index in [0.29, 0.717) is 18.8 Å². The van der Waals surface area contributed by atoms with Crippen molar-refractivity contribution in [3.8, 4) is 5.75 Å². The summed E-state index contributed by atoms with van der Waals surface area (Å²) in [7, 11) is 0. The van der Waals surface area contributed by atoms with Gasteiger partial charge in [0.15, 0.2) is 0 Å². The number of nitro benzene ring substituents is 1. The number of non-ortho nitro benzene ring substituents is 1. The Hall–Kier alpha value is -2.34. The van der Waals surface area contributed by atoms with Crippen LogP contribution in [0.5, 0.6) is 5.75 Å². The van der Waals surface area contributed by atoms with Gasteiger partial charge in [-0.15, -0.1) is 0 Å². The van der Waals surface area contributed by atoms with Crippen LogP contribution in [0.4, 0.5) is 11.4 Å². The number of hydrogen-bond donors (Lipinski definition) is 1. The minimum absolute atomic E-state index is 0.0688. The molecule has 0 saturated carbocycles. The molecule has 0 aliphatic rings. The number of nitro groups is 1. The molecular formula is C16H15BrN2O3. The van der Waals surface area contributed by atoms with Crippen LogP contribution in [0, 0.1) is 10.1 Å². The predicted molar refractivity (Wildman–Crippen MR) is 90.3 cm³/mol. The maximum atomic E-state index is 10.7. The molecule has 0 radical (unpaired) electrons. The van der Waals surface area contributed by atoms with Gasteiger partial charge in [-0.2, -0.15) is 0 Å². The van der Waals surface area contributed by atoms with Crippen LogP contribution in [0.1, 0.15) is 5.56 Å². The summed E-state index contributed by atoms with van der Waals surface area (Å²) in [6, 6.07) is 12.2. The lowest BCUT2D eigenvalue weighted by Crippen LogP contribution is -2.01. The van der Waals surface area contributed by atoms with E-state index in [1.807, 2.05) is 18.2 Å². The summed E-state index contributed by atoms with van der Waals surface area (Å²) in [5.41, 5.74) is 1.81. The molecule has 0 heterocycles. The summed E-state index contributed by atoms with van der Waals surface area (Å²) >= 11 is 3.46. The van der Waals surface area contributed by atoms with Crippen molar-refractivity contribution in [3.63, 3.8) is 0 Å². The normalized spacial score (nSPS) is 10.0. The highest BCUT2D eigenvalue weighted by Crippen LogP contribution is 2.26. The molecule has 2 aromatic rings. The molecule has 1 N–H and O–H groups in total. The molecule has 0 saturated heterocycles. The van der Waals surface area contributed by atoms with E-state index in [0.717, 1.165) is 15.8 Å². The van der Waals surface area contributed by atoms with Gasteiger partial charge in [-0.1, -0.05) is 24.8 Å². The highest BCUT2D eigenvalue weighted by atomic mass is 79.9. The van der Waals surface area contributed by atoms with E-state index in [-0.39, 0.29) is 5.69 Å². The van der Waals surface area contributed by atoms with E-state index in [9.17, 15) is 10.1 Å². The first-order chi connectivity index (χ1) is 10.6. The Morgan fingerprint density at radius 1 is 1.32 bits per heavy atom. The molecule has 0 aliphatic heterocycles. The standard InChI is InChI=1S/C16H15BrN2O3/c1-2-8-22-16-7-6-12(9-15(16)17)11-18-13-4-3-5-14(10-13)19(20)21/h2-7,9-10,18H,1,8,11H2. The van der Waals surface area contributed by atoms with Gasteiger partial charge in [0, 0.05) is 24.4 Å². The largest absolute Gasteiger partial charge is 0.488 e. The summed E-state index contributed by atoms with van der Waals surface area (Å²) < 4.78 is 6.34. The first-order valence-electron chi connectivity index (χ1n) is 6.60. The van der Waals surface area contributed by atoms with Crippen molar-refractivity contribution in [3.05, 3.63) is 75.3 Å². The lowest BCUT2D eigenvalue weighted by molar-refractivity contribution is -0.384. The van der Waals surface area contributed by atoms with Gasteiger partial charge in [-0.25, -0.2) is 0 Å². The lowest BCUT2D eigenvalue weighted by Gasteiger charge is -2.10. The minimum Gasteiger partial charge on any atom is -0.488 e. The van der Waals surface area contributed by atoms with Gasteiger partial charge >= 0.3 is 0 Å². The van der Waals surface area contributed by atoms with Gasteiger partial charge in [0.1, 0.15) is 12.4 Å². The SMILES string of the molecule is C=CCOc1ccc(CNc2cccc([N+](=O)[O-])c2)cc1Br. The maximum absolute atomic E-state index is 10.7. The smallest absolute Gasteiger partial charge is 0.271 e. The van der Waals surface area contributed by atoms with E-state index >= 15 is 0 Å². The molecule has 0 spiro atoms. The second kappa shape index (κ2) is 7.61. The molecule has 0 aromatic heterocycles. The van der Waals surface area contributed by atoms with Crippen molar-refractivity contribution < 1.29 is 9.66 Å². The van der Waals surface area contributed by atoms with Crippen LogP contribution in [0.3, 0.4) is 0 Å². The molecule has 2 rings (SSSR count). The fraction of sp³-hybridized carbons (Fsp3) is 0.125. The molecule has 114 valence electrons. The van der Waals surface area contributed by atoms with Crippen molar-refractivity contribution >= 4 is 27.3 Å². The summed E-state index contributed by atoms with van der Waals surface area (Å²) in [4.78, 5) is 10.3. The van der Waals surface area contributed by atoms with Crippen LogP contribution in [0.2, 0.25) is 0 Å². The summed E-state index contributed by atoms with van der Waals surface area (Å²) in [5.74, 6) is 0.749. The van der Waals surface area contributed by atoms with Crippen LogP contribution in [0.15, 0.2) is 59.6 Å².